The van der Waals surface area contributed by atoms with E-state index < -0.39 is 17.7 Å². The number of nitrogens with one attached hydrogen (secondary N) is 2. The van der Waals surface area contributed by atoms with Crippen LogP contribution in [0.2, 0.25) is 0 Å². The first-order valence-electron chi connectivity index (χ1n) is 16.1. The number of urea groups is 1. The van der Waals surface area contributed by atoms with Crippen molar-refractivity contribution in [2.75, 3.05) is 47.8 Å². The second-order valence-electron chi connectivity index (χ2n) is 12.4. The van der Waals surface area contributed by atoms with Gasteiger partial charge in [0.05, 0.1) is 35.5 Å². The molecule has 7 rings (SSSR count). The molecule has 0 radical (unpaired) electrons. The van der Waals surface area contributed by atoms with Gasteiger partial charge in [0.25, 0.3) is 0 Å². The topological polar surface area (TPSA) is 137 Å². The molecule has 3 amide bonds. The first-order valence-corrected chi connectivity index (χ1v) is 16.1. The normalized spacial score (nSPS) is 15.7. The molecule has 2 saturated heterocycles. The highest BCUT2D eigenvalue weighted by atomic mass is 19.1. The van der Waals surface area contributed by atoms with Crippen LogP contribution in [0.4, 0.5) is 36.7 Å². The number of anilines is 4. The van der Waals surface area contributed by atoms with Gasteiger partial charge in [0.2, 0.25) is 11.9 Å². The molecule has 0 aliphatic carbocycles. The number of hydrogen-bond acceptors (Lipinski definition) is 10. The van der Waals surface area contributed by atoms with Crippen molar-refractivity contribution in [1.82, 2.24) is 39.7 Å². The zero-order chi connectivity index (χ0) is 34.2. The van der Waals surface area contributed by atoms with Gasteiger partial charge in [-0.3, -0.25) is 24.9 Å². The molecule has 2 N–H and O–H groups in total. The fourth-order valence-corrected chi connectivity index (χ4v) is 6.44. The minimum atomic E-state index is -0.673. The molecule has 0 bridgehead atoms. The van der Waals surface area contributed by atoms with Crippen LogP contribution in [0.25, 0.3) is 22.3 Å². The van der Waals surface area contributed by atoms with Crippen molar-refractivity contribution in [1.29, 1.82) is 0 Å². The summed E-state index contributed by atoms with van der Waals surface area (Å²) in [6.45, 7) is 9.88. The maximum atomic E-state index is 15.1. The van der Waals surface area contributed by atoms with Crippen LogP contribution in [0.3, 0.4) is 0 Å². The molecule has 15 heteroatoms. The molecule has 2 aliphatic rings. The Balaban J connectivity index is 1.00. The number of benzene rings is 1. The molecule has 0 spiro atoms. The highest BCUT2D eigenvalue weighted by Gasteiger charge is 2.27. The van der Waals surface area contributed by atoms with Gasteiger partial charge in [-0.25, -0.2) is 33.5 Å². The van der Waals surface area contributed by atoms with E-state index in [1.165, 1.54) is 6.07 Å². The lowest BCUT2D eigenvalue weighted by Gasteiger charge is -2.36. The van der Waals surface area contributed by atoms with Crippen molar-refractivity contribution in [3.63, 3.8) is 0 Å². The van der Waals surface area contributed by atoms with E-state index in [9.17, 15) is 14.0 Å². The third-order valence-corrected chi connectivity index (χ3v) is 8.81. The van der Waals surface area contributed by atoms with Crippen LogP contribution in [0, 0.1) is 18.6 Å². The zero-order valence-electron chi connectivity index (χ0n) is 27.3. The van der Waals surface area contributed by atoms with Gasteiger partial charge in [-0.05, 0) is 56.7 Å². The number of aryl methyl sites for hydroxylation is 1. The lowest BCUT2D eigenvalue weighted by molar-refractivity contribution is -0.120. The number of carbonyl (C=O) groups excluding carboxylic acids is 2. The van der Waals surface area contributed by atoms with Gasteiger partial charge in [0.1, 0.15) is 22.9 Å². The molecule has 4 aromatic heterocycles. The zero-order valence-corrected chi connectivity index (χ0v) is 27.3. The smallest absolute Gasteiger partial charge is 0.328 e. The molecule has 0 atom stereocenters. The molecule has 2 fully saturated rings. The Morgan fingerprint density at radius 2 is 1.76 bits per heavy atom. The molecule has 0 unspecified atom stereocenters. The molecule has 1 aromatic carbocycles. The Labute approximate surface area is 281 Å². The fraction of sp³-hybridized carbons (Fsp3) is 0.324. The van der Waals surface area contributed by atoms with Crippen LogP contribution >= 0.6 is 0 Å². The van der Waals surface area contributed by atoms with E-state index in [2.05, 4.69) is 45.4 Å². The summed E-state index contributed by atoms with van der Waals surface area (Å²) < 4.78 is 32.0. The Kier molecular flexibility index (Phi) is 8.59. The number of amides is 3. The summed E-state index contributed by atoms with van der Waals surface area (Å²) in [6, 6.07) is 8.23. The summed E-state index contributed by atoms with van der Waals surface area (Å²) in [6.07, 6.45) is 6.46. The number of aromatic nitrogens is 6. The first-order chi connectivity index (χ1) is 23.6. The summed E-state index contributed by atoms with van der Waals surface area (Å²) in [7, 11) is 0. The minimum Gasteiger partial charge on any atom is -0.368 e. The Morgan fingerprint density at radius 3 is 2.49 bits per heavy atom. The van der Waals surface area contributed by atoms with E-state index in [0.717, 1.165) is 43.6 Å². The van der Waals surface area contributed by atoms with Gasteiger partial charge in [-0.2, -0.15) is 0 Å². The Morgan fingerprint density at radius 1 is 0.939 bits per heavy atom. The van der Waals surface area contributed by atoms with E-state index in [0.29, 0.717) is 35.9 Å². The number of piperazine rings is 1. The first kappa shape index (κ1) is 32.0. The minimum absolute atomic E-state index is 0.0323. The number of hydrogen-bond donors (Lipinski definition) is 2. The largest absolute Gasteiger partial charge is 0.368 e. The second kappa shape index (κ2) is 13.1. The van der Waals surface area contributed by atoms with E-state index >= 15 is 4.39 Å². The van der Waals surface area contributed by atoms with Gasteiger partial charge in [0.15, 0.2) is 11.6 Å². The predicted molar refractivity (Wildman–Crippen MR) is 181 cm³/mol. The van der Waals surface area contributed by atoms with Crippen LogP contribution in [0.5, 0.6) is 0 Å². The van der Waals surface area contributed by atoms with Gasteiger partial charge in [-0.1, -0.05) is 0 Å². The van der Waals surface area contributed by atoms with E-state index in [1.54, 1.807) is 35.6 Å². The second-order valence-corrected chi connectivity index (χ2v) is 12.4. The lowest BCUT2D eigenvalue weighted by Crippen LogP contribution is -2.50. The summed E-state index contributed by atoms with van der Waals surface area (Å²) in [5, 5.41) is 5.41. The monoisotopic (exact) mass is 667 g/mol. The molecular weight excluding hydrogens is 632 g/mol. The number of fused-ring (bicyclic) bond motifs is 1. The number of nitrogens with zero attached hydrogens (tertiary/aromatic N) is 9. The highest BCUT2D eigenvalue weighted by Crippen LogP contribution is 2.31. The van der Waals surface area contributed by atoms with E-state index in [1.807, 2.05) is 37.5 Å². The third-order valence-electron chi connectivity index (χ3n) is 8.81. The summed E-state index contributed by atoms with van der Waals surface area (Å²) >= 11 is 0. The van der Waals surface area contributed by atoms with Crippen molar-refractivity contribution >= 4 is 46.1 Å². The SMILES string of the molecule is Cc1nc2c(F)cc(-c3nc(Nc4ccc(N5CCN(Cc6ccncc6N6CCC(=O)NC6=O)CC5)cn4)ncc3F)cc2n1C(C)C. The summed E-state index contributed by atoms with van der Waals surface area (Å²) in [5.41, 5.74) is 3.69. The van der Waals surface area contributed by atoms with Gasteiger partial charge < -0.3 is 14.8 Å². The van der Waals surface area contributed by atoms with Crippen molar-refractivity contribution in [2.45, 2.75) is 39.8 Å². The average molecular weight is 668 g/mol. The highest BCUT2D eigenvalue weighted by molar-refractivity contribution is 6.05. The van der Waals surface area contributed by atoms with Gasteiger partial charge in [0, 0.05) is 63.5 Å². The van der Waals surface area contributed by atoms with Crippen LogP contribution in [-0.4, -0.2) is 79.0 Å². The summed E-state index contributed by atoms with van der Waals surface area (Å²) in [4.78, 5) is 51.8. The molecule has 252 valence electrons. The Hall–Kier alpha value is -5.57. The molecule has 6 heterocycles. The van der Waals surface area contributed by atoms with Crippen LogP contribution in [0.1, 0.15) is 37.7 Å². The van der Waals surface area contributed by atoms with Crippen LogP contribution < -0.4 is 20.4 Å². The van der Waals surface area contributed by atoms with Gasteiger partial charge >= 0.3 is 6.03 Å². The molecule has 13 nitrogen and oxygen atoms in total. The fourth-order valence-electron chi connectivity index (χ4n) is 6.44. The number of pyridine rings is 2. The average Bonchev–Trinajstić information content (AvgIpc) is 3.43. The molecular formula is C34H35F2N11O2. The molecule has 0 saturated carbocycles. The van der Waals surface area contributed by atoms with Crippen LogP contribution in [0.15, 0.2) is 55.1 Å². The number of halogens is 2. The number of rotatable bonds is 8. The van der Waals surface area contributed by atoms with E-state index in [-0.39, 0.29) is 41.1 Å². The third kappa shape index (κ3) is 6.48. The van der Waals surface area contributed by atoms with E-state index in [4.69, 9.17) is 0 Å². The Bertz CT molecular complexity index is 2040. The maximum absolute atomic E-state index is 15.1. The van der Waals surface area contributed by atoms with Crippen molar-refractivity contribution in [3.8, 4) is 11.3 Å². The van der Waals surface area contributed by atoms with Crippen LogP contribution in [-0.2, 0) is 11.3 Å². The van der Waals surface area contributed by atoms with Crippen molar-refractivity contribution in [2.24, 2.45) is 0 Å². The lowest BCUT2D eigenvalue weighted by atomic mass is 10.1. The number of imidazole rings is 1. The summed E-state index contributed by atoms with van der Waals surface area (Å²) in [5.74, 6) is -0.216. The van der Waals surface area contributed by atoms with Crippen molar-refractivity contribution < 1.29 is 18.4 Å². The number of imide groups is 1. The van der Waals surface area contributed by atoms with Gasteiger partial charge in [-0.15, -0.1) is 0 Å². The quantitative estimate of drug-likeness (QED) is 0.234. The maximum Gasteiger partial charge on any atom is 0.328 e. The molecule has 2 aliphatic heterocycles. The predicted octanol–water partition coefficient (Wildman–Crippen LogP) is 4.96. The molecule has 49 heavy (non-hydrogen) atoms. The number of carbonyl (C=O) groups is 2. The molecule has 5 aromatic rings. The van der Waals surface area contributed by atoms with Crippen molar-refractivity contribution in [3.05, 3.63) is 78.1 Å². The standard InChI is InChI=1S/C34H35F2N11O2/c1-20(2)47-21(3)40-32-25(35)14-23(15-27(32)47)31-26(36)17-39-33(43-31)41-29-5-4-24(16-38-29)45-12-10-44(11-13-45)19-22-6-8-37-18-28(22)46-9-7-30(48)42-34(46)49/h4-6,8,14-18,20H,7,9-13,19H2,1-3H3,(H,42,48,49)(H,38,39,41,43).